The van der Waals surface area contributed by atoms with E-state index in [9.17, 15) is 13.2 Å². The lowest BCUT2D eigenvalue weighted by Crippen LogP contribution is -2.42. The normalized spacial score (nSPS) is 17.4. The number of anilines is 1. The summed E-state index contributed by atoms with van der Waals surface area (Å²) >= 11 is 8.11. The fourth-order valence-corrected chi connectivity index (χ4v) is 7.61. The van der Waals surface area contributed by atoms with Crippen LogP contribution >= 0.6 is 34.3 Å². The molecule has 1 aliphatic heterocycles. The van der Waals surface area contributed by atoms with Crippen molar-refractivity contribution in [2.24, 2.45) is 0 Å². The Morgan fingerprint density at radius 2 is 1.93 bits per heavy atom. The Balaban J connectivity index is 1.60. The molecule has 2 aromatic heterocycles. The highest BCUT2D eigenvalue weighted by atomic mass is 35.5. The van der Waals surface area contributed by atoms with E-state index in [0.717, 1.165) is 16.0 Å². The van der Waals surface area contributed by atoms with E-state index in [1.165, 1.54) is 34.9 Å². The number of aromatic nitrogens is 1. The number of sulfonamides is 1. The highest BCUT2D eigenvalue weighted by Crippen LogP contribution is 2.39. The van der Waals surface area contributed by atoms with Crippen LogP contribution in [-0.4, -0.2) is 50.4 Å². The highest BCUT2D eigenvalue weighted by molar-refractivity contribution is 7.91. The van der Waals surface area contributed by atoms with Gasteiger partial charge in [0.25, 0.3) is 10.0 Å². The number of nitrogens with zero attached hydrogens (tertiary/aromatic N) is 2. The summed E-state index contributed by atoms with van der Waals surface area (Å²) in [7, 11) is -0.709. The van der Waals surface area contributed by atoms with Gasteiger partial charge in [-0.3, -0.25) is 4.79 Å². The van der Waals surface area contributed by atoms with Crippen LogP contribution in [0.2, 0.25) is 4.34 Å². The van der Waals surface area contributed by atoms with Crippen LogP contribution in [0.5, 0.6) is 11.5 Å². The van der Waals surface area contributed by atoms with Crippen LogP contribution in [0.15, 0.2) is 28.5 Å². The number of hydrogen-bond donors (Lipinski definition) is 1. The van der Waals surface area contributed by atoms with E-state index in [1.54, 1.807) is 19.2 Å². The largest absolute Gasteiger partial charge is 0.495 e. The van der Waals surface area contributed by atoms with E-state index in [4.69, 9.17) is 21.1 Å². The predicted octanol–water partition coefficient (Wildman–Crippen LogP) is 3.82. The van der Waals surface area contributed by atoms with Crippen molar-refractivity contribution in [2.75, 3.05) is 26.1 Å². The van der Waals surface area contributed by atoms with Crippen molar-refractivity contribution in [1.82, 2.24) is 9.29 Å². The van der Waals surface area contributed by atoms with Crippen LogP contribution in [0, 0.1) is 0 Å². The Morgan fingerprint density at radius 1 is 1.20 bits per heavy atom. The quantitative estimate of drug-likeness (QED) is 0.567. The number of benzene rings is 1. The molecule has 0 aliphatic carbocycles. The number of carbonyl (C=O) groups excluding carboxylic acids is 1. The summed E-state index contributed by atoms with van der Waals surface area (Å²) in [5, 5.41) is 3.11. The number of thiophene rings is 1. The molecule has 160 valence electrons. The van der Waals surface area contributed by atoms with E-state index < -0.39 is 22.0 Å². The fourth-order valence-electron chi connectivity index (χ4n) is 3.37. The van der Waals surface area contributed by atoms with Gasteiger partial charge >= 0.3 is 0 Å². The topological polar surface area (TPSA) is 97.8 Å². The zero-order valence-corrected chi connectivity index (χ0v) is 19.3. The van der Waals surface area contributed by atoms with Gasteiger partial charge < -0.3 is 14.8 Å². The maximum atomic E-state index is 13.0. The maximum absolute atomic E-state index is 13.0. The Kier molecular flexibility index (Phi) is 5.90. The number of ether oxygens (including phenoxy) is 2. The standard InChI is InChI=1S/C18H18ClN3O5S3/c1-26-11-5-6-12(27-2)16-15(11)20-18(29-16)21-17(23)10-4-3-9-22(10)30(24,25)14-8-7-13(19)28-14/h5-8,10H,3-4,9H2,1-2H3,(H,20,21,23). The van der Waals surface area contributed by atoms with Crippen molar-refractivity contribution in [3.63, 3.8) is 0 Å². The van der Waals surface area contributed by atoms with Gasteiger partial charge in [-0.1, -0.05) is 22.9 Å². The molecule has 4 rings (SSSR count). The van der Waals surface area contributed by atoms with Gasteiger partial charge in [0.1, 0.15) is 32.0 Å². The molecule has 1 aromatic carbocycles. The second-order valence-corrected chi connectivity index (χ2v) is 11.3. The van der Waals surface area contributed by atoms with Crippen LogP contribution < -0.4 is 14.8 Å². The first-order chi connectivity index (χ1) is 14.3. The van der Waals surface area contributed by atoms with Gasteiger partial charge in [0, 0.05) is 6.54 Å². The summed E-state index contributed by atoms with van der Waals surface area (Å²) < 4.78 is 39.1. The number of hydrogen-bond acceptors (Lipinski definition) is 8. The summed E-state index contributed by atoms with van der Waals surface area (Å²) in [5.41, 5.74) is 0.571. The molecular weight excluding hydrogens is 470 g/mol. The highest BCUT2D eigenvalue weighted by Gasteiger charge is 2.40. The summed E-state index contributed by atoms with van der Waals surface area (Å²) in [5.74, 6) is 0.751. The first kappa shape index (κ1) is 21.3. The number of methoxy groups -OCH3 is 2. The van der Waals surface area contributed by atoms with Gasteiger partial charge in [0.15, 0.2) is 5.13 Å². The molecule has 30 heavy (non-hydrogen) atoms. The predicted molar refractivity (Wildman–Crippen MR) is 118 cm³/mol. The van der Waals surface area contributed by atoms with Crippen LogP contribution in [0.25, 0.3) is 10.2 Å². The third-order valence-corrected chi connectivity index (χ3v) is 9.35. The van der Waals surface area contributed by atoms with Crippen LogP contribution in [0.3, 0.4) is 0 Å². The lowest BCUT2D eigenvalue weighted by atomic mass is 10.2. The monoisotopic (exact) mass is 487 g/mol. The smallest absolute Gasteiger partial charge is 0.253 e. The molecule has 3 heterocycles. The number of nitrogens with one attached hydrogen (secondary N) is 1. The van der Waals surface area contributed by atoms with E-state index in [0.29, 0.717) is 39.3 Å². The molecule has 12 heteroatoms. The molecule has 0 saturated carbocycles. The lowest BCUT2D eigenvalue weighted by Gasteiger charge is -2.22. The molecule has 1 saturated heterocycles. The Morgan fingerprint density at radius 3 is 2.60 bits per heavy atom. The molecule has 3 aromatic rings. The minimum Gasteiger partial charge on any atom is -0.495 e. The molecule has 1 N–H and O–H groups in total. The van der Waals surface area contributed by atoms with Crippen molar-refractivity contribution in [3.05, 3.63) is 28.6 Å². The number of rotatable bonds is 6. The average molecular weight is 488 g/mol. The first-order valence-corrected chi connectivity index (χ1v) is 12.4. The van der Waals surface area contributed by atoms with Crippen LogP contribution in [0.4, 0.5) is 5.13 Å². The minimum absolute atomic E-state index is 0.127. The summed E-state index contributed by atoms with van der Waals surface area (Å²) in [6.45, 7) is 0.275. The molecule has 0 radical (unpaired) electrons. The second kappa shape index (κ2) is 8.31. The number of carbonyl (C=O) groups is 1. The van der Waals surface area contributed by atoms with E-state index in [-0.39, 0.29) is 10.8 Å². The second-order valence-electron chi connectivity index (χ2n) is 6.49. The number of thiazole rings is 1. The van der Waals surface area contributed by atoms with E-state index in [2.05, 4.69) is 10.3 Å². The van der Waals surface area contributed by atoms with Crippen molar-refractivity contribution < 1.29 is 22.7 Å². The average Bonchev–Trinajstić information content (AvgIpc) is 3.46. The van der Waals surface area contributed by atoms with Gasteiger partial charge in [0.05, 0.1) is 18.6 Å². The summed E-state index contributed by atoms with van der Waals surface area (Å²) in [6.07, 6.45) is 1.03. The van der Waals surface area contributed by atoms with Crippen LogP contribution in [-0.2, 0) is 14.8 Å². The maximum Gasteiger partial charge on any atom is 0.253 e. The van der Waals surface area contributed by atoms with E-state index >= 15 is 0 Å². The number of amides is 1. The zero-order chi connectivity index (χ0) is 21.5. The molecular formula is C18H18ClN3O5S3. The molecule has 0 bridgehead atoms. The third-order valence-electron chi connectivity index (χ3n) is 4.76. The third kappa shape index (κ3) is 3.76. The lowest BCUT2D eigenvalue weighted by molar-refractivity contribution is -0.119. The van der Waals surface area contributed by atoms with Crippen LogP contribution in [0.1, 0.15) is 12.8 Å². The summed E-state index contributed by atoms with van der Waals surface area (Å²) in [4.78, 5) is 17.4. The Labute approximate surface area is 186 Å². The SMILES string of the molecule is COc1ccc(OC)c2sc(NC(=O)C3CCCN3S(=O)(=O)c3ccc(Cl)s3)nc12. The Hall–Kier alpha value is -1.92. The van der Waals surface area contributed by atoms with Gasteiger partial charge in [-0.05, 0) is 37.1 Å². The van der Waals surface area contributed by atoms with Gasteiger partial charge in [0.2, 0.25) is 5.91 Å². The molecule has 1 aliphatic rings. The zero-order valence-electron chi connectivity index (χ0n) is 16.0. The molecule has 1 fully saturated rings. The Bertz CT molecular complexity index is 1170. The van der Waals surface area contributed by atoms with Crippen molar-refractivity contribution >= 4 is 65.6 Å². The number of fused-ring (bicyclic) bond motifs is 1. The molecule has 8 nitrogen and oxygen atoms in total. The molecule has 1 unspecified atom stereocenters. The molecule has 1 amide bonds. The summed E-state index contributed by atoms with van der Waals surface area (Å²) in [6, 6.07) is 5.69. The van der Waals surface area contributed by atoms with Crippen molar-refractivity contribution in [1.29, 1.82) is 0 Å². The van der Waals surface area contributed by atoms with Crippen molar-refractivity contribution in [2.45, 2.75) is 23.1 Å². The van der Waals surface area contributed by atoms with Crippen molar-refractivity contribution in [3.8, 4) is 11.5 Å². The van der Waals surface area contributed by atoms with E-state index in [1.807, 2.05) is 0 Å². The van der Waals surface area contributed by atoms with Gasteiger partial charge in [-0.15, -0.1) is 11.3 Å². The molecule has 1 atom stereocenters. The first-order valence-electron chi connectivity index (χ1n) is 8.94. The van der Waals surface area contributed by atoms with Gasteiger partial charge in [-0.2, -0.15) is 4.31 Å². The van der Waals surface area contributed by atoms with Gasteiger partial charge in [-0.25, -0.2) is 13.4 Å². The minimum atomic E-state index is -3.80. The fraction of sp³-hybridized carbons (Fsp3) is 0.333. The molecule has 0 spiro atoms. The number of halogens is 1.